The van der Waals surface area contributed by atoms with Gasteiger partial charge < -0.3 is 10.1 Å². The summed E-state index contributed by atoms with van der Waals surface area (Å²) in [6, 6.07) is 15.9. The van der Waals surface area contributed by atoms with Gasteiger partial charge in [0.2, 0.25) is 0 Å². The highest BCUT2D eigenvalue weighted by atomic mass is 19.1. The smallest absolute Gasteiger partial charge is 0.251 e. The maximum absolute atomic E-state index is 13.0. The number of rotatable bonds is 4. The Hall–Kier alpha value is -2.20. The number of benzene rings is 2. The average Bonchev–Trinajstić information content (AvgIpc) is 2.88. The fraction of sp³-hybridized carbons (Fsp3) is 0.350. The molecule has 2 aromatic rings. The maximum Gasteiger partial charge on any atom is 0.251 e. The number of carbonyl (C=O) groups excluding carboxylic acids is 1. The van der Waals surface area contributed by atoms with Crippen LogP contribution in [0.2, 0.25) is 0 Å². The van der Waals surface area contributed by atoms with Gasteiger partial charge in [0, 0.05) is 30.7 Å². The van der Waals surface area contributed by atoms with Crippen LogP contribution in [0.3, 0.4) is 0 Å². The molecule has 1 N–H and O–H groups in total. The first-order valence-corrected chi connectivity index (χ1v) is 8.37. The van der Waals surface area contributed by atoms with E-state index in [1.807, 2.05) is 18.2 Å². The molecule has 0 spiro atoms. The Balaban J connectivity index is 1.77. The van der Waals surface area contributed by atoms with Crippen molar-refractivity contribution in [2.75, 3.05) is 19.8 Å². The van der Waals surface area contributed by atoms with Crippen molar-refractivity contribution in [3.63, 3.8) is 0 Å². The minimum absolute atomic E-state index is 0.118. The van der Waals surface area contributed by atoms with E-state index in [2.05, 4.69) is 17.4 Å². The lowest BCUT2D eigenvalue weighted by atomic mass is 9.74. The van der Waals surface area contributed by atoms with Gasteiger partial charge in [-0.05, 0) is 49.1 Å². The minimum atomic E-state index is -0.340. The average molecular weight is 327 g/mol. The molecule has 3 rings (SSSR count). The van der Waals surface area contributed by atoms with Crippen LogP contribution in [-0.2, 0) is 10.2 Å². The Bertz CT molecular complexity index is 662. The van der Waals surface area contributed by atoms with Crippen molar-refractivity contribution in [1.82, 2.24) is 5.32 Å². The summed E-state index contributed by atoms with van der Waals surface area (Å²) in [6.07, 6.45) is 2.82. The second-order valence-electron chi connectivity index (χ2n) is 6.30. The van der Waals surface area contributed by atoms with Gasteiger partial charge in [-0.25, -0.2) is 4.39 Å². The quantitative estimate of drug-likeness (QED) is 0.930. The van der Waals surface area contributed by atoms with Crippen molar-refractivity contribution in [2.24, 2.45) is 0 Å². The molecule has 1 saturated heterocycles. The molecular weight excluding hydrogens is 305 g/mol. The zero-order chi connectivity index (χ0) is 16.8. The van der Waals surface area contributed by atoms with E-state index in [0.717, 1.165) is 25.9 Å². The van der Waals surface area contributed by atoms with Crippen LogP contribution in [-0.4, -0.2) is 25.7 Å². The third-order valence-electron chi connectivity index (χ3n) is 4.75. The summed E-state index contributed by atoms with van der Waals surface area (Å²) in [5.41, 5.74) is 1.59. The highest BCUT2D eigenvalue weighted by Crippen LogP contribution is 2.34. The van der Waals surface area contributed by atoms with Crippen LogP contribution in [0.15, 0.2) is 54.6 Å². The van der Waals surface area contributed by atoms with Crippen LogP contribution in [0.5, 0.6) is 0 Å². The molecule has 1 fully saturated rings. The summed E-state index contributed by atoms with van der Waals surface area (Å²) < 4.78 is 18.6. The summed E-state index contributed by atoms with van der Waals surface area (Å²) in [5.74, 6) is -0.510. The molecule has 0 aromatic heterocycles. The van der Waals surface area contributed by atoms with E-state index in [-0.39, 0.29) is 17.1 Å². The number of hydrogen-bond acceptors (Lipinski definition) is 2. The van der Waals surface area contributed by atoms with Crippen molar-refractivity contribution in [1.29, 1.82) is 0 Å². The first-order chi connectivity index (χ1) is 11.7. The summed E-state index contributed by atoms with van der Waals surface area (Å²) >= 11 is 0. The van der Waals surface area contributed by atoms with Gasteiger partial charge in [-0.3, -0.25) is 4.79 Å². The van der Waals surface area contributed by atoms with Gasteiger partial charge in [0.25, 0.3) is 5.91 Å². The third-order valence-corrected chi connectivity index (χ3v) is 4.75. The van der Waals surface area contributed by atoms with Gasteiger partial charge >= 0.3 is 0 Å². The first kappa shape index (κ1) is 16.7. The van der Waals surface area contributed by atoms with Gasteiger partial charge in [0.15, 0.2) is 0 Å². The third kappa shape index (κ3) is 3.82. The highest BCUT2D eigenvalue weighted by Gasteiger charge is 2.33. The number of ether oxygens (including phenoxy) is 1. The molecule has 126 valence electrons. The molecule has 1 amide bonds. The number of carbonyl (C=O) groups is 1. The van der Waals surface area contributed by atoms with Crippen molar-refractivity contribution >= 4 is 5.91 Å². The molecule has 0 bridgehead atoms. The van der Waals surface area contributed by atoms with Gasteiger partial charge in [-0.15, -0.1) is 0 Å². The second-order valence-corrected chi connectivity index (χ2v) is 6.30. The predicted molar refractivity (Wildman–Crippen MR) is 91.5 cm³/mol. The molecule has 2 aromatic carbocycles. The molecule has 24 heavy (non-hydrogen) atoms. The number of hydrogen-bond donors (Lipinski definition) is 1. The van der Waals surface area contributed by atoms with Gasteiger partial charge in [-0.2, -0.15) is 0 Å². The Labute approximate surface area is 141 Å². The molecular formula is C20H22FNO2. The summed E-state index contributed by atoms with van der Waals surface area (Å²) in [5, 5.41) is 3.04. The second kappa shape index (κ2) is 7.58. The summed E-state index contributed by atoms with van der Waals surface area (Å²) in [4.78, 5) is 12.4. The molecule has 1 atom stereocenters. The zero-order valence-electron chi connectivity index (χ0n) is 13.6. The lowest BCUT2D eigenvalue weighted by Crippen LogP contribution is -2.41. The largest absolute Gasteiger partial charge is 0.381 e. The molecule has 0 saturated carbocycles. The normalized spacial score (nSPS) is 21.0. The zero-order valence-corrected chi connectivity index (χ0v) is 13.6. The van der Waals surface area contributed by atoms with Crippen LogP contribution >= 0.6 is 0 Å². The van der Waals surface area contributed by atoms with Crippen molar-refractivity contribution in [3.05, 3.63) is 71.5 Å². The lowest BCUT2D eigenvalue weighted by molar-refractivity contribution is 0.0937. The fourth-order valence-corrected chi connectivity index (χ4v) is 3.32. The van der Waals surface area contributed by atoms with Gasteiger partial charge in [-0.1, -0.05) is 30.3 Å². The Kier molecular flexibility index (Phi) is 5.26. The minimum Gasteiger partial charge on any atom is -0.381 e. The summed E-state index contributed by atoms with van der Waals surface area (Å²) in [6.45, 7) is 2.01. The van der Waals surface area contributed by atoms with E-state index in [1.165, 1.54) is 29.8 Å². The monoisotopic (exact) mass is 327 g/mol. The lowest BCUT2D eigenvalue weighted by Gasteiger charge is -2.33. The summed E-state index contributed by atoms with van der Waals surface area (Å²) in [7, 11) is 0. The molecule has 0 radical (unpaired) electrons. The molecule has 4 heteroatoms. The Morgan fingerprint density at radius 3 is 2.54 bits per heavy atom. The van der Waals surface area contributed by atoms with E-state index in [9.17, 15) is 9.18 Å². The first-order valence-electron chi connectivity index (χ1n) is 8.37. The molecule has 3 nitrogen and oxygen atoms in total. The van der Waals surface area contributed by atoms with E-state index in [4.69, 9.17) is 4.74 Å². The molecule has 1 heterocycles. The van der Waals surface area contributed by atoms with E-state index >= 15 is 0 Å². The van der Waals surface area contributed by atoms with E-state index in [0.29, 0.717) is 18.7 Å². The molecule has 0 aliphatic carbocycles. The number of amides is 1. The van der Waals surface area contributed by atoms with Crippen LogP contribution in [0, 0.1) is 5.82 Å². The van der Waals surface area contributed by atoms with Crippen LogP contribution in [0.1, 0.15) is 35.2 Å². The fourth-order valence-electron chi connectivity index (χ4n) is 3.32. The van der Waals surface area contributed by atoms with E-state index in [1.54, 1.807) is 0 Å². The standard InChI is InChI=1S/C20H22FNO2/c21-18-9-7-16(8-10-18)19(23)22-15-20(11-4-13-24-14-12-20)17-5-2-1-3-6-17/h1-3,5-10H,4,11-15H2,(H,22,23)/t20-/m0/s1. The maximum atomic E-state index is 13.0. The van der Waals surface area contributed by atoms with Gasteiger partial charge in [0.05, 0.1) is 0 Å². The predicted octanol–water partition coefficient (Wildman–Crippen LogP) is 3.69. The Morgan fingerprint density at radius 1 is 1.04 bits per heavy atom. The number of halogens is 1. The number of nitrogens with one attached hydrogen (secondary N) is 1. The van der Waals surface area contributed by atoms with Gasteiger partial charge in [0.1, 0.15) is 5.82 Å². The van der Waals surface area contributed by atoms with Crippen molar-refractivity contribution in [3.8, 4) is 0 Å². The molecule has 0 unspecified atom stereocenters. The van der Waals surface area contributed by atoms with Crippen LogP contribution in [0.25, 0.3) is 0 Å². The molecule has 1 aliphatic heterocycles. The van der Waals surface area contributed by atoms with Crippen LogP contribution in [0.4, 0.5) is 4.39 Å². The highest BCUT2D eigenvalue weighted by molar-refractivity contribution is 5.94. The van der Waals surface area contributed by atoms with Crippen LogP contribution < -0.4 is 5.32 Å². The topological polar surface area (TPSA) is 38.3 Å². The molecule has 1 aliphatic rings. The SMILES string of the molecule is O=C(NC[C@]1(c2ccccc2)CCCOCC1)c1ccc(F)cc1. The van der Waals surface area contributed by atoms with E-state index < -0.39 is 0 Å². The van der Waals surface area contributed by atoms with Crippen molar-refractivity contribution in [2.45, 2.75) is 24.7 Å². The van der Waals surface area contributed by atoms with Crippen molar-refractivity contribution < 1.29 is 13.9 Å². The Morgan fingerprint density at radius 2 is 1.79 bits per heavy atom.